The summed E-state index contributed by atoms with van der Waals surface area (Å²) in [6.07, 6.45) is 0. The van der Waals surface area contributed by atoms with E-state index >= 15 is 0 Å². The van der Waals surface area contributed by atoms with Gasteiger partial charge in [-0.2, -0.15) is 5.26 Å². The van der Waals surface area contributed by atoms with Gasteiger partial charge in [0.15, 0.2) is 0 Å². The van der Waals surface area contributed by atoms with Gasteiger partial charge in [-0.3, -0.25) is 4.79 Å². The Bertz CT molecular complexity index is 1060. The van der Waals surface area contributed by atoms with Crippen LogP contribution in [0.5, 0.6) is 0 Å². The largest absolute Gasteiger partial charge is 0.305 e. The maximum Gasteiger partial charge on any atom is 0.203 e. The predicted octanol–water partition coefficient (Wildman–Crippen LogP) is 3.43. The molecule has 0 aliphatic heterocycles. The maximum absolute atomic E-state index is 12.4. The fraction of sp³-hybridized carbons (Fsp3) is 0. The van der Waals surface area contributed by atoms with Crippen molar-refractivity contribution in [1.29, 1.82) is 5.26 Å². The highest BCUT2D eigenvalue weighted by atomic mass is 16.1. The van der Waals surface area contributed by atoms with Gasteiger partial charge < -0.3 is 4.40 Å². The Balaban J connectivity index is 2.24. The molecule has 0 spiro atoms. The lowest BCUT2D eigenvalue weighted by Gasteiger charge is -2.09. The van der Waals surface area contributed by atoms with Crippen molar-refractivity contribution in [1.82, 2.24) is 4.40 Å². The Labute approximate surface area is 120 Å². The van der Waals surface area contributed by atoms with Gasteiger partial charge in [0.25, 0.3) is 0 Å². The molecule has 0 radical (unpaired) electrons. The van der Waals surface area contributed by atoms with E-state index in [9.17, 15) is 10.1 Å². The molecule has 0 aliphatic carbocycles. The molecule has 3 aromatic heterocycles. The zero-order chi connectivity index (χ0) is 14.4. The second kappa shape index (κ2) is 4.19. The zero-order valence-electron chi connectivity index (χ0n) is 11.1. The van der Waals surface area contributed by atoms with Crippen LogP contribution in [0, 0.1) is 11.3 Å². The van der Waals surface area contributed by atoms with Gasteiger partial charge in [-0.25, -0.2) is 0 Å². The third-order valence-corrected chi connectivity index (χ3v) is 3.80. The molecule has 4 rings (SSSR count). The number of nitriles is 1. The number of nitrogens with zero attached hydrogens (tertiary/aromatic N) is 2. The summed E-state index contributed by atoms with van der Waals surface area (Å²) in [7, 11) is 0. The van der Waals surface area contributed by atoms with Gasteiger partial charge in [0.05, 0.1) is 22.1 Å². The molecule has 0 atom stereocenters. The first-order valence-electron chi connectivity index (χ1n) is 6.66. The number of aromatic nitrogens is 1. The predicted molar refractivity (Wildman–Crippen MR) is 82.5 cm³/mol. The standard InChI is InChI=1S/C18H10N2O/c19-11-13-9-17-18(21)10-14(12-5-2-1-3-6-12)16-8-4-7-15(13)20(16)17/h1-10H. The lowest BCUT2D eigenvalue weighted by Crippen LogP contribution is -2.05. The minimum Gasteiger partial charge on any atom is -0.305 e. The van der Waals surface area contributed by atoms with E-state index in [2.05, 4.69) is 6.07 Å². The Kier molecular flexibility index (Phi) is 2.33. The summed E-state index contributed by atoms with van der Waals surface area (Å²) in [4.78, 5) is 12.4. The van der Waals surface area contributed by atoms with Crippen molar-refractivity contribution in [2.45, 2.75) is 0 Å². The van der Waals surface area contributed by atoms with Crippen LogP contribution in [-0.2, 0) is 0 Å². The number of hydrogen-bond donors (Lipinski definition) is 0. The highest BCUT2D eigenvalue weighted by Crippen LogP contribution is 2.28. The van der Waals surface area contributed by atoms with E-state index in [1.807, 2.05) is 52.9 Å². The third-order valence-electron chi connectivity index (χ3n) is 3.80. The van der Waals surface area contributed by atoms with Crippen molar-refractivity contribution in [2.24, 2.45) is 0 Å². The first-order valence-corrected chi connectivity index (χ1v) is 6.66. The average Bonchev–Trinajstić information content (AvgIpc) is 2.92. The molecule has 0 fully saturated rings. The van der Waals surface area contributed by atoms with Crippen molar-refractivity contribution in [3.63, 3.8) is 0 Å². The number of rotatable bonds is 1. The van der Waals surface area contributed by atoms with Crippen LogP contribution < -0.4 is 5.43 Å². The average molecular weight is 270 g/mol. The lowest BCUT2D eigenvalue weighted by molar-refractivity contribution is 1.29. The molecule has 0 saturated heterocycles. The summed E-state index contributed by atoms with van der Waals surface area (Å²) >= 11 is 0. The molecule has 0 amide bonds. The number of benzene rings is 1. The van der Waals surface area contributed by atoms with E-state index in [1.165, 1.54) is 0 Å². The second-order valence-electron chi connectivity index (χ2n) is 4.98. The lowest BCUT2D eigenvalue weighted by atomic mass is 10.0. The van der Waals surface area contributed by atoms with Crippen LogP contribution in [0.3, 0.4) is 0 Å². The van der Waals surface area contributed by atoms with Crippen molar-refractivity contribution < 1.29 is 0 Å². The molecule has 3 nitrogen and oxygen atoms in total. The number of pyridine rings is 2. The molecule has 4 aromatic rings. The minimum atomic E-state index is -0.0657. The maximum atomic E-state index is 12.4. The summed E-state index contributed by atoms with van der Waals surface area (Å²) in [6.45, 7) is 0. The molecule has 0 saturated carbocycles. The quantitative estimate of drug-likeness (QED) is 0.532. The molecule has 0 N–H and O–H groups in total. The van der Waals surface area contributed by atoms with E-state index in [-0.39, 0.29) is 5.43 Å². The SMILES string of the molecule is N#Cc1cc2c(=O)cc(-c3ccccc3)c3cccc1n32. The molecular formula is C18H10N2O. The minimum absolute atomic E-state index is 0.0657. The topological polar surface area (TPSA) is 45.3 Å². The monoisotopic (exact) mass is 270 g/mol. The zero-order valence-corrected chi connectivity index (χ0v) is 11.1. The molecule has 21 heavy (non-hydrogen) atoms. The van der Waals surface area contributed by atoms with E-state index in [4.69, 9.17) is 0 Å². The fourth-order valence-electron chi connectivity index (χ4n) is 2.86. The molecule has 0 bridgehead atoms. The second-order valence-corrected chi connectivity index (χ2v) is 4.98. The third kappa shape index (κ3) is 1.56. The van der Waals surface area contributed by atoms with Gasteiger partial charge >= 0.3 is 0 Å². The van der Waals surface area contributed by atoms with Crippen LogP contribution in [0.2, 0.25) is 0 Å². The van der Waals surface area contributed by atoms with E-state index < -0.39 is 0 Å². The van der Waals surface area contributed by atoms with Gasteiger partial charge in [0.2, 0.25) is 5.43 Å². The molecule has 3 heterocycles. The molecular weight excluding hydrogens is 260 g/mol. The molecule has 3 heteroatoms. The van der Waals surface area contributed by atoms with Gasteiger partial charge in [-0.15, -0.1) is 0 Å². The first-order chi connectivity index (χ1) is 10.3. The van der Waals surface area contributed by atoms with Crippen molar-refractivity contribution in [2.75, 3.05) is 0 Å². The van der Waals surface area contributed by atoms with Crippen molar-refractivity contribution in [3.05, 3.63) is 76.5 Å². The fourth-order valence-corrected chi connectivity index (χ4v) is 2.86. The number of hydrogen-bond acceptors (Lipinski definition) is 2. The Morgan fingerprint density at radius 3 is 2.38 bits per heavy atom. The van der Waals surface area contributed by atoms with Gasteiger partial charge in [0, 0.05) is 5.56 Å². The van der Waals surface area contributed by atoms with Gasteiger partial charge in [0.1, 0.15) is 6.07 Å². The Morgan fingerprint density at radius 2 is 1.62 bits per heavy atom. The molecule has 98 valence electrons. The molecule has 1 aromatic carbocycles. The van der Waals surface area contributed by atoms with E-state index in [1.54, 1.807) is 12.1 Å². The summed E-state index contributed by atoms with van der Waals surface area (Å²) in [5.74, 6) is 0. The van der Waals surface area contributed by atoms with Gasteiger partial charge in [-0.05, 0) is 29.8 Å². The van der Waals surface area contributed by atoms with E-state index in [0.29, 0.717) is 11.1 Å². The summed E-state index contributed by atoms with van der Waals surface area (Å²) < 4.78 is 1.88. The summed E-state index contributed by atoms with van der Waals surface area (Å²) in [6, 6.07) is 21.1. The highest BCUT2D eigenvalue weighted by Gasteiger charge is 2.14. The highest BCUT2D eigenvalue weighted by molar-refractivity contribution is 5.88. The van der Waals surface area contributed by atoms with Crippen molar-refractivity contribution >= 4 is 16.6 Å². The van der Waals surface area contributed by atoms with Crippen LogP contribution >= 0.6 is 0 Å². The Hall–Kier alpha value is -3.12. The molecule has 0 unspecified atom stereocenters. The van der Waals surface area contributed by atoms with Crippen LogP contribution in [-0.4, -0.2) is 4.40 Å². The van der Waals surface area contributed by atoms with E-state index in [0.717, 1.165) is 22.2 Å². The molecule has 0 aliphatic rings. The summed E-state index contributed by atoms with van der Waals surface area (Å²) in [5.41, 5.74) is 4.62. The van der Waals surface area contributed by atoms with Crippen LogP contribution in [0.1, 0.15) is 5.56 Å². The van der Waals surface area contributed by atoms with Crippen molar-refractivity contribution in [3.8, 4) is 17.2 Å². The summed E-state index contributed by atoms with van der Waals surface area (Å²) in [5, 5.41) is 9.23. The normalized spacial score (nSPS) is 11.0. The van der Waals surface area contributed by atoms with Crippen LogP contribution in [0.4, 0.5) is 0 Å². The first kappa shape index (κ1) is 11.7. The van der Waals surface area contributed by atoms with Gasteiger partial charge in [-0.1, -0.05) is 36.4 Å². The smallest absolute Gasteiger partial charge is 0.203 e. The van der Waals surface area contributed by atoms with Crippen LogP contribution in [0.15, 0.2) is 65.5 Å². The van der Waals surface area contributed by atoms with Crippen LogP contribution in [0.25, 0.3) is 27.7 Å². The Morgan fingerprint density at radius 1 is 0.857 bits per heavy atom.